The van der Waals surface area contributed by atoms with Gasteiger partial charge in [0, 0.05) is 0 Å². The second-order valence-electron chi connectivity index (χ2n) is 5.13. The van der Waals surface area contributed by atoms with E-state index < -0.39 is 20.2 Å². The lowest BCUT2D eigenvalue weighted by atomic mass is 9.98. The summed E-state index contributed by atoms with van der Waals surface area (Å²) in [4.78, 5) is 23.7. The van der Waals surface area contributed by atoms with Gasteiger partial charge in [-0.15, -0.1) is 0 Å². The maximum atomic E-state index is 11.9. The van der Waals surface area contributed by atoms with Gasteiger partial charge < -0.3 is 9.63 Å². The van der Waals surface area contributed by atoms with E-state index in [-0.39, 0.29) is 6.10 Å². The zero-order valence-electron chi connectivity index (χ0n) is 12.1. The van der Waals surface area contributed by atoms with Gasteiger partial charge in [0.2, 0.25) is 0 Å². The number of hydrogen-bond acceptors (Lipinski definition) is 5. The first-order valence-electron chi connectivity index (χ1n) is 7.26. The summed E-state index contributed by atoms with van der Waals surface area (Å²) in [5.74, 6) is 0.0390. The summed E-state index contributed by atoms with van der Waals surface area (Å²) in [5, 5.41) is 0. The minimum atomic E-state index is -2.28. The molecule has 1 aromatic carbocycles. The average molecular weight is 309 g/mol. The Morgan fingerprint density at radius 3 is 2.62 bits per heavy atom. The van der Waals surface area contributed by atoms with Gasteiger partial charge in [0.1, 0.15) is 6.10 Å². The Bertz CT molecular complexity index is 486. The minimum absolute atomic E-state index is 0.0168. The molecule has 0 amide bonds. The van der Waals surface area contributed by atoms with Crippen molar-refractivity contribution in [1.29, 1.82) is 0 Å². The van der Waals surface area contributed by atoms with E-state index in [0.717, 1.165) is 25.7 Å². The zero-order valence-corrected chi connectivity index (χ0v) is 13.0. The van der Waals surface area contributed by atoms with Crippen molar-refractivity contribution in [3.63, 3.8) is 0 Å². The van der Waals surface area contributed by atoms with Crippen LogP contribution in [0.25, 0.3) is 0 Å². The van der Waals surface area contributed by atoms with Crippen LogP contribution in [0.15, 0.2) is 35.1 Å². The third kappa shape index (κ3) is 5.44. The Balaban J connectivity index is 1.85. The van der Waals surface area contributed by atoms with Crippen LogP contribution in [-0.2, 0) is 9.53 Å². The predicted octanol–water partition coefficient (Wildman–Crippen LogP) is 3.19. The molecule has 0 heterocycles. The van der Waals surface area contributed by atoms with Crippen LogP contribution in [0.5, 0.6) is 5.75 Å². The molecule has 21 heavy (non-hydrogen) atoms. The number of hydrogen-bond donors (Lipinski definition) is 0. The smallest absolute Gasteiger partial charge is 0.395 e. The first-order valence-corrected chi connectivity index (χ1v) is 8.39. The van der Waals surface area contributed by atoms with Crippen molar-refractivity contribution >= 4 is 14.1 Å². The molecule has 6 heteroatoms. The van der Waals surface area contributed by atoms with Crippen molar-refractivity contribution in [3.8, 4) is 5.75 Å². The largest absolute Gasteiger partial charge is 0.575 e. The topological polar surface area (TPSA) is 71.0 Å². The van der Waals surface area contributed by atoms with Gasteiger partial charge in [-0.05, 0) is 44.7 Å². The highest BCUT2D eigenvalue weighted by molar-refractivity contribution is 7.34. The second-order valence-corrected chi connectivity index (χ2v) is 6.02. The number of esters is 1. The first kappa shape index (κ1) is 15.9. The normalized spacial score (nSPS) is 18.1. The van der Waals surface area contributed by atoms with E-state index in [0.29, 0.717) is 5.75 Å². The minimum Gasteiger partial charge on any atom is -0.575 e. The molecule has 1 aromatic rings. The van der Waals surface area contributed by atoms with E-state index in [1.165, 1.54) is 6.42 Å². The summed E-state index contributed by atoms with van der Waals surface area (Å²) in [5.41, 5.74) is 0. The molecule has 0 aromatic heterocycles. The number of nitrogens with zero attached hydrogens (tertiary/aromatic N) is 1. The fourth-order valence-electron chi connectivity index (χ4n) is 2.23. The van der Waals surface area contributed by atoms with Crippen LogP contribution >= 0.6 is 8.17 Å². The SMILES string of the molecule is CC(N=[P+]([O-])Oc1ccccc1)C(=O)OC1CCCCC1. The highest BCUT2D eigenvalue weighted by atomic mass is 31.1. The maximum absolute atomic E-state index is 11.9. The molecule has 5 nitrogen and oxygen atoms in total. The standard InChI is InChI=1S/C15H20NO4P/c1-12(15(17)19-13-8-4-2-5-9-13)16-21(18)20-14-10-6-3-7-11-14/h3,6-7,10-13H,2,4-5,8-9H2,1H3. The molecule has 1 saturated carbocycles. The summed E-state index contributed by atoms with van der Waals surface area (Å²) in [6.07, 6.45) is 5.18. The highest BCUT2D eigenvalue weighted by Crippen LogP contribution is 2.25. The Labute approximate surface area is 125 Å². The van der Waals surface area contributed by atoms with Crippen molar-refractivity contribution in [3.05, 3.63) is 30.3 Å². The van der Waals surface area contributed by atoms with Crippen molar-refractivity contribution in [2.75, 3.05) is 0 Å². The van der Waals surface area contributed by atoms with E-state index >= 15 is 0 Å². The second kappa shape index (κ2) is 8.11. The summed E-state index contributed by atoms with van der Waals surface area (Å²) in [6.45, 7) is 1.58. The summed E-state index contributed by atoms with van der Waals surface area (Å²) in [6, 6.07) is 7.99. The van der Waals surface area contributed by atoms with Crippen molar-refractivity contribution < 1.29 is 18.9 Å². The number of para-hydroxylation sites is 1. The molecule has 2 rings (SSSR count). The molecule has 1 fully saturated rings. The molecule has 0 radical (unpaired) electrons. The van der Waals surface area contributed by atoms with E-state index in [9.17, 15) is 9.69 Å². The molecule has 114 valence electrons. The van der Waals surface area contributed by atoms with Gasteiger partial charge in [-0.25, -0.2) is 4.79 Å². The molecule has 2 atom stereocenters. The molecule has 0 N–H and O–H groups in total. The summed E-state index contributed by atoms with van der Waals surface area (Å²) >= 11 is 0. The van der Waals surface area contributed by atoms with Gasteiger partial charge in [0.25, 0.3) is 0 Å². The summed E-state index contributed by atoms with van der Waals surface area (Å²) < 4.78 is 14.4. The molecule has 1 aliphatic carbocycles. The van der Waals surface area contributed by atoms with Gasteiger partial charge in [0.15, 0.2) is 11.8 Å². The predicted molar refractivity (Wildman–Crippen MR) is 78.8 cm³/mol. The van der Waals surface area contributed by atoms with E-state index in [2.05, 4.69) is 4.74 Å². The van der Waals surface area contributed by atoms with Crippen LogP contribution in [0.4, 0.5) is 0 Å². The van der Waals surface area contributed by atoms with Crippen LogP contribution in [0.3, 0.4) is 0 Å². The van der Waals surface area contributed by atoms with Crippen molar-refractivity contribution in [2.45, 2.75) is 51.2 Å². The molecule has 0 spiro atoms. The van der Waals surface area contributed by atoms with E-state index in [4.69, 9.17) is 9.26 Å². The highest BCUT2D eigenvalue weighted by Gasteiger charge is 2.23. The monoisotopic (exact) mass is 309 g/mol. The van der Waals surface area contributed by atoms with E-state index in [1.54, 1.807) is 31.2 Å². The number of carbonyl (C=O) groups excluding carboxylic acids is 1. The fraction of sp³-hybridized carbons (Fsp3) is 0.533. The Morgan fingerprint density at radius 2 is 1.95 bits per heavy atom. The van der Waals surface area contributed by atoms with Gasteiger partial charge in [0.05, 0.1) is 0 Å². The quantitative estimate of drug-likeness (QED) is 0.618. The van der Waals surface area contributed by atoms with E-state index in [1.807, 2.05) is 6.07 Å². The Morgan fingerprint density at radius 1 is 1.29 bits per heavy atom. The van der Waals surface area contributed by atoms with Crippen LogP contribution in [0.2, 0.25) is 0 Å². The third-order valence-corrected chi connectivity index (χ3v) is 4.27. The molecule has 1 aliphatic rings. The van der Waals surface area contributed by atoms with Gasteiger partial charge >= 0.3 is 14.1 Å². The average Bonchev–Trinajstić information content (AvgIpc) is 2.49. The number of ether oxygens (including phenoxy) is 1. The Hall–Kier alpha value is -1.45. The third-order valence-electron chi connectivity index (χ3n) is 3.37. The molecule has 2 unspecified atom stereocenters. The fourth-order valence-corrected chi connectivity index (χ4v) is 2.96. The molecular weight excluding hydrogens is 289 g/mol. The zero-order chi connectivity index (χ0) is 15.1. The Kier molecular flexibility index (Phi) is 6.15. The molecule has 0 aliphatic heterocycles. The lowest BCUT2D eigenvalue weighted by Crippen LogP contribution is -2.26. The van der Waals surface area contributed by atoms with Crippen molar-refractivity contribution in [2.24, 2.45) is 4.74 Å². The maximum Gasteiger partial charge on any atom is 0.395 e. The number of rotatable bonds is 5. The van der Waals surface area contributed by atoms with Crippen LogP contribution in [0.1, 0.15) is 39.0 Å². The lowest BCUT2D eigenvalue weighted by Gasteiger charge is -2.22. The molecule has 0 saturated heterocycles. The van der Waals surface area contributed by atoms with Gasteiger partial charge in [-0.2, -0.15) is 0 Å². The first-order chi connectivity index (χ1) is 10.1. The molecule has 0 bridgehead atoms. The lowest BCUT2D eigenvalue weighted by molar-refractivity contribution is -0.170. The summed E-state index contributed by atoms with van der Waals surface area (Å²) in [7, 11) is -2.28. The molecular formula is C15H20NO4P. The van der Waals surface area contributed by atoms with Crippen LogP contribution in [-0.4, -0.2) is 18.1 Å². The van der Waals surface area contributed by atoms with Crippen LogP contribution in [0, 0.1) is 0 Å². The number of benzene rings is 1. The van der Waals surface area contributed by atoms with Crippen molar-refractivity contribution in [1.82, 2.24) is 0 Å². The number of carbonyl (C=O) groups is 1. The van der Waals surface area contributed by atoms with Gasteiger partial charge in [-0.3, -0.25) is 4.52 Å². The van der Waals surface area contributed by atoms with Gasteiger partial charge in [-0.1, -0.05) is 29.4 Å². The van der Waals surface area contributed by atoms with Crippen LogP contribution < -0.4 is 9.42 Å².